The van der Waals surface area contributed by atoms with Crippen molar-refractivity contribution in [1.82, 2.24) is 0 Å². The molecule has 1 aromatic carbocycles. The van der Waals surface area contributed by atoms with E-state index in [4.69, 9.17) is 0 Å². The van der Waals surface area contributed by atoms with Crippen molar-refractivity contribution in [2.24, 2.45) is 0 Å². The van der Waals surface area contributed by atoms with Crippen molar-refractivity contribution in [3.8, 4) is 0 Å². The molecule has 0 aliphatic heterocycles. The molecular formula is C13H15BrO4. The molecule has 0 atom stereocenters. The molecule has 1 aromatic rings. The summed E-state index contributed by atoms with van der Waals surface area (Å²) in [6, 6.07) is 6.65. The molecule has 0 heterocycles. The number of carbonyl (C=O) groups excluding carboxylic acids is 1. The Labute approximate surface area is 114 Å². The number of rotatable bonds is 5. The quantitative estimate of drug-likeness (QED) is 0.905. The van der Waals surface area contributed by atoms with Crippen molar-refractivity contribution in [2.75, 3.05) is 0 Å². The zero-order valence-electron chi connectivity index (χ0n) is 10.3. The van der Waals surface area contributed by atoms with Crippen LogP contribution in [0.4, 0.5) is 0 Å². The SMILES string of the molecule is CCC(CC)(C(=O)O)c1ccccc1C(=O)OBr. The maximum Gasteiger partial charge on any atom is 0.349 e. The van der Waals surface area contributed by atoms with Gasteiger partial charge in [0.15, 0.2) is 16.3 Å². The van der Waals surface area contributed by atoms with E-state index in [2.05, 4.69) is 20.1 Å². The van der Waals surface area contributed by atoms with Crippen LogP contribution < -0.4 is 0 Å². The molecule has 0 spiro atoms. The van der Waals surface area contributed by atoms with Crippen LogP contribution in [0.2, 0.25) is 0 Å². The van der Waals surface area contributed by atoms with Gasteiger partial charge < -0.3 is 8.93 Å². The van der Waals surface area contributed by atoms with Gasteiger partial charge in [0.05, 0.1) is 11.0 Å². The number of hydrogen-bond acceptors (Lipinski definition) is 3. The Balaban J connectivity index is 3.46. The normalized spacial score (nSPS) is 11.1. The molecule has 0 unspecified atom stereocenters. The lowest BCUT2D eigenvalue weighted by Gasteiger charge is -2.28. The fraction of sp³-hybridized carbons (Fsp3) is 0.385. The van der Waals surface area contributed by atoms with Gasteiger partial charge in [-0.1, -0.05) is 32.0 Å². The molecule has 0 saturated carbocycles. The van der Waals surface area contributed by atoms with E-state index in [9.17, 15) is 14.7 Å². The second-order valence-electron chi connectivity index (χ2n) is 4.00. The molecule has 1 rings (SSSR count). The highest BCUT2D eigenvalue weighted by Gasteiger charge is 2.39. The van der Waals surface area contributed by atoms with E-state index in [0.717, 1.165) is 0 Å². The average Bonchev–Trinajstić information content (AvgIpc) is 2.40. The Hall–Kier alpha value is -1.36. The fourth-order valence-electron chi connectivity index (χ4n) is 2.17. The largest absolute Gasteiger partial charge is 0.481 e. The standard InChI is InChI=1S/C13H15BrO4/c1-3-13(4-2,12(16)17)10-8-6-5-7-9(10)11(15)18-14/h5-8H,3-4H2,1-2H3,(H,16,17). The van der Waals surface area contributed by atoms with Gasteiger partial charge >= 0.3 is 11.9 Å². The van der Waals surface area contributed by atoms with Gasteiger partial charge in [-0.15, -0.1) is 0 Å². The summed E-state index contributed by atoms with van der Waals surface area (Å²) in [6.45, 7) is 3.60. The number of carbonyl (C=O) groups is 2. The molecule has 4 nitrogen and oxygen atoms in total. The summed E-state index contributed by atoms with van der Waals surface area (Å²) >= 11 is 2.64. The summed E-state index contributed by atoms with van der Waals surface area (Å²) in [5.74, 6) is -1.51. The van der Waals surface area contributed by atoms with Crippen molar-refractivity contribution in [3.63, 3.8) is 0 Å². The Morgan fingerprint density at radius 1 is 1.28 bits per heavy atom. The molecule has 0 bridgehead atoms. The Bertz CT molecular complexity index is 452. The number of aliphatic carboxylic acids is 1. The second kappa shape index (κ2) is 6.00. The molecule has 18 heavy (non-hydrogen) atoms. The lowest BCUT2D eigenvalue weighted by molar-refractivity contribution is -0.144. The molecule has 0 aliphatic rings. The van der Waals surface area contributed by atoms with Crippen molar-refractivity contribution in [1.29, 1.82) is 0 Å². The highest BCUT2D eigenvalue weighted by molar-refractivity contribution is 9.06. The van der Waals surface area contributed by atoms with Crippen LogP contribution in [-0.4, -0.2) is 17.0 Å². The van der Waals surface area contributed by atoms with Crippen molar-refractivity contribution in [3.05, 3.63) is 35.4 Å². The molecule has 0 saturated heterocycles. The summed E-state index contributed by atoms with van der Waals surface area (Å²) in [4.78, 5) is 23.3. The highest BCUT2D eigenvalue weighted by atomic mass is 79.9. The number of benzene rings is 1. The van der Waals surface area contributed by atoms with E-state index >= 15 is 0 Å². The third kappa shape index (κ3) is 2.41. The van der Waals surface area contributed by atoms with E-state index in [0.29, 0.717) is 18.4 Å². The Morgan fingerprint density at radius 3 is 2.28 bits per heavy atom. The first kappa shape index (κ1) is 14.7. The minimum atomic E-state index is -1.06. The predicted octanol–water partition coefficient (Wildman–Crippen LogP) is 3.30. The van der Waals surface area contributed by atoms with E-state index in [-0.39, 0.29) is 5.56 Å². The lowest BCUT2D eigenvalue weighted by atomic mass is 9.74. The summed E-state index contributed by atoms with van der Waals surface area (Å²) in [7, 11) is 0. The highest BCUT2D eigenvalue weighted by Crippen LogP contribution is 2.34. The molecular weight excluding hydrogens is 300 g/mol. The number of hydrogen-bond donors (Lipinski definition) is 1. The van der Waals surface area contributed by atoms with Crippen molar-refractivity contribution < 1.29 is 18.5 Å². The van der Waals surface area contributed by atoms with Crippen LogP contribution in [0.1, 0.15) is 42.6 Å². The van der Waals surface area contributed by atoms with E-state index in [1.165, 1.54) is 0 Å². The molecule has 98 valence electrons. The first-order valence-corrected chi connectivity index (χ1v) is 6.34. The number of halogens is 1. The van der Waals surface area contributed by atoms with Gasteiger partial charge in [-0.3, -0.25) is 4.79 Å². The molecule has 0 amide bonds. The lowest BCUT2D eigenvalue weighted by Crippen LogP contribution is -2.36. The van der Waals surface area contributed by atoms with E-state index in [1.54, 1.807) is 38.1 Å². The van der Waals surface area contributed by atoms with Gasteiger partial charge in [0.2, 0.25) is 0 Å². The zero-order chi connectivity index (χ0) is 13.8. The van der Waals surface area contributed by atoms with Gasteiger partial charge in [-0.25, -0.2) is 4.79 Å². The topological polar surface area (TPSA) is 63.6 Å². The van der Waals surface area contributed by atoms with Gasteiger partial charge in [0.25, 0.3) is 0 Å². The van der Waals surface area contributed by atoms with Crippen LogP contribution in [0, 0.1) is 0 Å². The fourth-order valence-corrected chi connectivity index (χ4v) is 2.34. The van der Waals surface area contributed by atoms with Crippen LogP contribution in [0.5, 0.6) is 0 Å². The molecule has 0 aliphatic carbocycles. The van der Waals surface area contributed by atoms with Crippen LogP contribution in [0.3, 0.4) is 0 Å². The van der Waals surface area contributed by atoms with Crippen molar-refractivity contribution >= 4 is 28.2 Å². The van der Waals surface area contributed by atoms with Gasteiger partial charge in [-0.2, -0.15) is 0 Å². The molecule has 5 heteroatoms. The van der Waals surface area contributed by atoms with Crippen LogP contribution in [0.15, 0.2) is 24.3 Å². The monoisotopic (exact) mass is 314 g/mol. The third-order valence-electron chi connectivity index (χ3n) is 3.35. The zero-order valence-corrected chi connectivity index (χ0v) is 11.9. The predicted molar refractivity (Wildman–Crippen MR) is 70.7 cm³/mol. The third-order valence-corrected chi connectivity index (χ3v) is 3.64. The minimum Gasteiger partial charge on any atom is -0.481 e. The summed E-state index contributed by atoms with van der Waals surface area (Å²) in [5, 5.41) is 9.49. The molecule has 0 fully saturated rings. The van der Waals surface area contributed by atoms with Crippen LogP contribution >= 0.6 is 16.3 Å². The van der Waals surface area contributed by atoms with Crippen LogP contribution in [0.25, 0.3) is 0 Å². The minimum absolute atomic E-state index is 0.278. The second-order valence-corrected chi connectivity index (χ2v) is 4.33. The average molecular weight is 315 g/mol. The molecule has 0 radical (unpaired) electrons. The first-order valence-electron chi connectivity index (χ1n) is 5.69. The van der Waals surface area contributed by atoms with Gasteiger partial charge in [-0.05, 0) is 24.5 Å². The van der Waals surface area contributed by atoms with E-state index < -0.39 is 17.4 Å². The molecule has 1 N–H and O–H groups in total. The summed E-state index contributed by atoms with van der Waals surface area (Å²) in [5.41, 5.74) is -0.287. The van der Waals surface area contributed by atoms with Crippen LogP contribution in [-0.2, 0) is 14.0 Å². The number of carboxylic acids is 1. The van der Waals surface area contributed by atoms with Gasteiger partial charge in [0.1, 0.15) is 0 Å². The summed E-state index contributed by atoms with van der Waals surface area (Å²) < 4.78 is 4.52. The van der Waals surface area contributed by atoms with Crippen molar-refractivity contribution in [2.45, 2.75) is 32.1 Å². The summed E-state index contributed by atoms with van der Waals surface area (Å²) in [6.07, 6.45) is 0.816. The maximum atomic E-state index is 11.7. The van der Waals surface area contributed by atoms with E-state index in [1.807, 2.05) is 0 Å². The number of carboxylic acid groups (broad SMARTS) is 1. The molecule has 0 aromatic heterocycles. The first-order chi connectivity index (χ1) is 8.53. The Morgan fingerprint density at radius 2 is 1.83 bits per heavy atom. The van der Waals surface area contributed by atoms with Gasteiger partial charge in [0, 0.05) is 0 Å². The smallest absolute Gasteiger partial charge is 0.349 e. The Kier molecular flexibility index (Phi) is 4.90. The maximum absolute atomic E-state index is 11.7.